The van der Waals surface area contributed by atoms with E-state index in [9.17, 15) is 14.4 Å². The number of carbonyl (C=O) groups excluding carboxylic acids is 2. The Morgan fingerprint density at radius 3 is 2.25 bits per heavy atom. The fourth-order valence-electron chi connectivity index (χ4n) is 3.52. The lowest BCUT2D eigenvalue weighted by molar-refractivity contribution is -0.154. The summed E-state index contributed by atoms with van der Waals surface area (Å²) >= 11 is 0. The molecule has 1 N–H and O–H groups in total. The number of ketones is 2. The van der Waals surface area contributed by atoms with Crippen LogP contribution in [0.4, 0.5) is 0 Å². The Morgan fingerprint density at radius 1 is 1.31 bits per heavy atom. The Labute approximate surface area is 94.0 Å². The summed E-state index contributed by atoms with van der Waals surface area (Å²) in [5, 5.41) is 8.74. The van der Waals surface area contributed by atoms with Crippen molar-refractivity contribution in [3.05, 3.63) is 0 Å². The molecule has 0 radical (unpaired) electrons. The van der Waals surface area contributed by atoms with E-state index < -0.39 is 23.1 Å². The van der Waals surface area contributed by atoms with Crippen LogP contribution in [0.15, 0.2) is 0 Å². The number of fused-ring (bicyclic) bond motifs is 2. The maximum absolute atomic E-state index is 12.2. The van der Waals surface area contributed by atoms with Crippen LogP contribution < -0.4 is 0 Å². The molecule has 2 fully saturated rings. The zero-order chi connectivity index (χ0) is 12.3. The van der Waals surface area contributed by atoms with Gasteiger partial charge in [-0.15, -0.1) is 0 Å². The zero-order valence-corrected chi connectivity index (χ0v) is 9.74. The molecule has 0 aliphatic heterocycles. The first-order valence-corrected chi connectivity index (χ1v) is 5.55. The summed E-state index contributed by atoms with van der Waals surface area (Å²) in [6, 6.07) is 0. The molecule has 0 aromatic rings. The lowest BCUT2D eigenvalue weighted by Gasteiger charge is -2.32. The summed E-state index contributed by atoms with van der Waals surface area (Å²) in [6.07, 6.45) is 1.55. The van der Waals surface area contributed by atoms with Crippen molar-refractivity contribution in [2.45, 2.75) is 33.6 Å². The standard InChI is InChI=1S/C12H16O4/c1-11(2)6-4-5-12(11,3)9(14)7(6)8(13)10(15)16/h6-7H,4-5H2,1-3H3,(H,15,16)/t6-,7-,12-/m0/s1. The monoisotopic (exact) mass is 224 g/mol. The van der Waals surface area contributed by atoms with E-state index in [2.05, 4.69) is 0 Å². The van der Waals surface area contributed by atoms with Gasteiger partial charge in [0.05, 0.1) is 5.92 Å². The first kappa shape index (κ1) is 11.3. The van der Waals surface area contributed by atoms with Crippen LogP contribution in [0.5, 0.6) is 0 Å². The summed E-state index contributed by atoms with van der Waals surface area (Å²) in [5.74, 6) is -3.59. The van der Waals surface area contributed by atoms with Crippen LogP contribution in [0.1, 0.15) is 33.6 Å². The first-order valence-electron chi connectivity index (χ1n) is 5.55. The van der Waals surface area contributed by atoms with E-state index in [-0.39, 0.29) is 17.1 Å². The molecule has 0 amide bonds. The average Bonchev–Trinajstić information content (AvgIpc) is 2.48. The molecule has 0 saturated heterocycles. The third-order valence-electron chi connectivity index (χ3n) is 5.03. The number of hydrogen-bond acceptors (Lipinski definition) is 3. The van der Waals surface area contributed by atoms with Gasteiger partial charge in [0.1, 0.15) is 0 Å². The molecular formula is C12H16O4. The predicted octanol–water partition coefficient (Wildman–Crippen LogP) is 1.28. The largest absolute Gasteiger partial charge is 0.475 e. The van der Waals surface area contributed by atoms with Gasteiger partial charge in [0.2, 0.25) is 0 Å². The third kappa shape index (κ3) is 1.02. The number of carbonyl (C=O) groups is 3. The van der Waals surface area contributed by atoms with Gasteiger partial charge in [0, 0.05) is 5.41 Å². The number of carboxylic acid groups (broad SMARTS) is 1. The van der Waals surface area contributed by atoms with Crippen LogP contribution in [0, 0.1) is 22.7 Å². The summed E-state index contributed by atoms with van der Waals surface area (Å²) in [6.45, 7) is 5.81. The molecule has 0 unspecified atom stereocenters. The van der Waals surface area contributed by atoms with Crippen molar-refractivity contribution in [3.63, 3.8) is 0 Å². The highest BCUT2D eigenvalue weighted by molar-refractivity contribution is 6.38. The predicted molar refractivity (Wildman–Crippen MR) is 55.8 cm³/mol. The molecule has 2 aliphatic rings. The molecular weight excluding hydrogens is 208 g/mol. The van der Waals surface area contributed by atoms with Gasteiger partial charge in [0.15, 0.2) is 5.78 Å². The van der Waals surface area contributed by atoms with Gasteiger partial charge >= 0.3 is 5.97 Å². The Morgan fingerprint density at radius 2 is 1.88 bits per heavy atom. The van der Waals surface area contributed by atoms with Gasteiger partial charge in [-0.2, -0.15) is 0 Å². The third-order valence-corrected chi connectivity index (χ3v) is 5.03. The summed E-state index contributed by atoms with van der Waals surface area (Å²) in [7, 11) is 0. The van der Waals surface area contributed by atoms with E-state index >= 15 is 0 Å². The van der Waals surface area contributed by atoms with Gasteiger partial charge < -0.3 is 5.11 Å². The summed E-state index contributed by atoms with van der Waals surface area (Å²) in [4.78, 5) is 34.4. The van der Waals surface area contributed by atoms with E-state index in [0.717, 1.165) is 12.8 Å². The molecule has 4 nitrogen and oxygen atoms in total. The zero-order valence-electron chi connectivity index (χ0n) is 9.74. The normalized spacial score (nSPS) is 40.1. The van der Waals surface area contributed by atoms with Crippen LogP contribution in [0.25, 0.3) is 0 Å². The minimum Gasteiger partial charge on any atom is -0.475 e. The highest BCUT2D eigenvalue weighted by atomic mass is 16.4. The second-order valence-electron chi connectivity index (χ2n) is 5.71. The van der Waals surface area contributed by atoms with E-state index in [1.165, 1.54) is 0 Å². The Kier molecular flexibility index (Phi) is 2.07. The van der Waals surface area contributed by atoms with Crippen molar-refractivity contribution < 1.29 is 19.5 Å². The fraction of sp³-hybridized carbons (Fsp3) is 0.750. The fourth-order valence-corrected chi connectivity index (χ4v) is 3.52. The number of rotatable bonds is 2. The van der Waals surface area contributed by atoms with Gasteiger partial charge in [-0.3, -0.25) is 9.59 Å². The molecule has 0 heterocycles. The molecule has 3 atom stereocenters. The Balaban J connectivity index is 2.44. The average molecular weight is 224 g/mol. The quantitative estimate of drug-likeness (QED) is 0.566. The van der Waals surface area contributed by atoms with Gasteiger partial charge in [-0.05, 0) is 24.2 Å². The molecule has 2 aliphatic carbocycles. The van der Waals surface area contributed by atoms with Crippen LogP contribution in [0.2, 0.25) is 0 Å². The van der Waals surface area contributed by atoms with E-state index in [1.54, 1.807) is 0 Å². The smallest absolute Gasteiger partial charge is 0.372 e. The van der Waals surface area contributed by atoms with Gasteiger partial charge in [-0.25, -0.2) is 4.79 Å². The first-order chi connectivity index (χ1) is 7.23. The molecule has 88 valence electrons. The molecule has 0 aromatic carbocycles. The Bertz CT molecular complexity index is 396. The number of aliphatic carboxylic acids is 1. The second kappa shape index (κ2) is 2.93. The van der Waals surface area contributed by atoms with Gasteiger partial charge in [-0.1, -0.05) is 20.8 Å². The van der Waals surface area contributed by atoms with Crippen molar-refractivity contribution in [2.24, 2.45) is 22.7 Å². The van der Waals surface area contributed by atoms with Crippen LogP contribution in [-0.4, -0.2) is 22.6 Å². The van der Waals surface area contributed by atoms with Gasteiger partial charge in [0.25, 0.3) is 5.78 Å². The second-order valence-corrected chi connectivity index (χ2v) is 5.71. The number of hydrogen-bond donors (Lipinski definition) is 1. The lowest BCUT2D eigenvalue weighted by atomic mass is 9.70. The lowest BCUT2D eigenvalue weighted by Crippen LogP contribution is -2.37. The van der Waals surface area contributed by atoms with Crippen molar-refractivity contribution in [1.82, 2.24) is 0 Å². The molecule has 16 heavy (non-hydrogen) atoms. The van der Waals surface area contributed by atoms with Crippen LogP contribution in [-0.2, 0) is 14.4 Å². The van der Waals surface area contributed by atoms with E-state index in [4.69, 9.17) is 5.11 Å². The van der Waals surface area contributed by atoms with Crippen LogP contribution >= 0.6 is 0 Å². The summed E-state index contributed by atoms with van der Waals surface area (Å²) < 4.78 is 0. The Hall–Kier alpha value is -1.19. The topological polar surface area (TPSA) is 71.4 Å². The maximum Gasteiger partial charge on any atom is 0.372 e. The van der Waals surface area contributed by atoms with Crippen LogP contribution in [0.3, 0.4) is 0 Å². The molecule has 4 heteroatoms. The van der Waals surface area contributed by atoms with E-state index in [0.29, 0.717) is 0 Å². The number of carboxylic acids is 1. The van der Waals surface area contributed by atoms with Crippen molar-refractivity contribution in [1.29, 1.82) is 0 Å². The molecule has 2 saturated carbocycles. The maximum atomic E-state index is 12.2. The summed E-state index contributed by atoms with van der Waals surface area (Å²) in [5.41, 5.74) is -0.784. The molecule has 2 rings (SSSR count). The van der Waals surface area contributed by atoms with E-state index in [1.807, 2.05) is 20.8 Å². The van der Waals surface area contributed by atoms with Crippen molar-refractivity contribution >= 4 is 17.5 Å². The molecule has 0 aromatic heterocycles. The minimum atomic E-state index is -1.48. The van der Waals surface area contributed by atoms with Crippen molar-refractivity contribution in [2.75, 3.05) is 0 Å². The molecule has 2 bridgehead atoms. The minimum absolute atomic E-state index is 0.103. The highest BCUT2D eigenvalue weighted by Crippen LogP contribution is 2.65. The van der Waals surface area contributed by atoms with Crippen molar-refractivity contribution in [3.8, 4) is 0 Å². The SMILES string of the molecule is CC1(C)[C@H]2CC[C@@]1(C)C(=O)[C@@H]2C(=O)C(=O)O. The highest BCUT2D eigenvalue weighted by Gasteiger charge is 2.68. The molecule has 0 spiro atoms. The number of Topliss-reactive ketones (excluding diaryl/α,β-unsaturated/α-hetero) is 2.